The van der Waals surface area contributed by atoms with Crippen molar-refractivity contribution in [2.24, 2.45) is 0 Å². The van der Waals surface area contributed by atoms with Crippen LogP contribution in [0.1, 0.15) is 49.3 Å². The van der Waals surface area contributed by atoms with Crippen molar-refractivity contribution < 1.29 is 42.0 Å². The van der Waals surface area contributed by atoms with E-state index in [0.29, 0.717) is 12.1 Å². The normalized spacial score (nSPS) is 16.4. The second-order valence-electron chi connectivity index (χ2n) is 6.82. The number of hydrogen-bond donors (Lipinski definition) is 1. The maximum atomic E-state index is 12.6. The van der Waals surface area contributed by atoms with Gasteiger partial charge in [0, 0.05) is 38.4 Å². The Kier molecular flexibility index (Phi) is 8.56. The van der Waals surface area contributed by atoms with Gasteiger partial charge in [-0.3, -0.25) is 4.79 Å². The van der Waals surface area contributed by atoms with Gasteiger partial charge >= 0.3 is 0 Å². The monoisotopic (exact) mass is 403 g/mol. The van der Waals surface area contributed by atoms with Crippen LogP contribution >= 0.6 is 0 Å². The van der Waals surface area contributed by atoms with Crippen molar-refractivity contribution in [2.75, 3.05) is 31.5 Å². The van der Waals surface area contributed by atoms with Crippen LogP contribution < -0.4 is 5.32 Å². The number of benzene rings is 1. The van der Waals surface area contributed by atoms with E-state index in [1.165, 1.54) is 25.7 Å². The Morgan fingerprint density at radius 1 is 1.17 bits per heavy atom. The van der Waals surface area contributed by atoms with Crippen LogP contribution in [0.3, 0.4) is 0 Å². The molecule has 1 fully saturated rings. The fraction of sp³-hybridized carbons (Fsp3) is 0.579. The molecule has 1 aromatic rings. The second kappa shape index (κ2) is 9.66. The molecule has 1 aliphatic rings. The van der Waals surface area contributed by atoms with Crippen molar-refractivity contribution in [1.29, 1.82) is 5.26 Å². The van der Waals surface area contributed by atoms with Gasteiger partial charge in [0.1, 0.15) is 0 Å². The van der Waals surface area contributed by atoms with Crippen LogP contribution in [0.4, 0.5) is 5.69 Å². The van der Waals surface area contributed by atoms with Gasteiger partial charge in [-0.15, -0.1) is 0 Å². The molecule has 0 atom stereocenters. The summed E-state index contributed by atoms with van der Waals surface area (Å²) in [5.74, 6) is 0.0876. The Morgan fingerprint density at radius 3 is 2.17 bits per heavy atom. The van der Waals surface area contributed by atoms with Crippen molar-refractivity contribution in [1.82, 2.24) is 0 Å². The number of likely N-dealkylation sites (tertiary alicyclic amines) is 1. The van der Waals surface area contributed by atoms with Gasteiger partial charge in [-0.1, -0.05) is 0 Å². The van der Waals surface area contributed by atoms with E-state index in [9.17, 15) is 4.79 Å². The average Bonchev–Trinajstić information content (AvgIpc) is 2.76. The molecular weight excluding hydrogens is 375 g/mol. The van der Waals surface area contributed by atoms with E-state index in [2.05, 4.69) is 18.3 Å². The summed E-state index contributed by atoms with van der Waals surface area (Å²) >= 11 is 0. The van der Waals surface area contributed by atoms with Gasteiger partial charge in [-0.05, 0) is 69.7 Å². The molecule has 0 saturated carbocycles. The number of hydrogen-bond acceptors (Lipinski definition) is 2. The quantitative estimate of drug-likeness (QED) is 0.783. The number of likely N-dealkylation sites (N-methyl/N-ethyl adjacent to an activating group) is 1. The third kappa shape index (κ3) is 5.38. The molecule has 24 heavy (non-hydrogen) atoms. The Balaban J connectivity index is 0.00000288. The van der Waals surface area contributed by atoms with E-state index in [1.54, 1.807) is 0 Å². The smallest absolute Gasteiger partial charge is 0.279 e. The molecule has 0 unspecified atom stereocenters. The topological polar surface area (TPSA) is 52.9 Å². The summed E-state index contributed by atoms with van der Waals surface area (Å²) in [6.07, 6.45) is 5.01. The van der Waals surface area contributed by atoms with E-state index in [4.69, 9.17) is 5.26 Å². The molecule has 2 rings (SSSR count). The van der Waals surface area contributed by atoms with Gasteiger partial charge in [0.05, 0.1) is 31.3 Å². The molecule has 0 aromatic heterocycles. The number of carbonyl (C=O) groups excluding carboxylic acids is 1. The van der Waals surface area contributed by atoms with E-state index in [-0.39, 0.29) is 38.6 Å². The van der Waals surface area contributed by atoms with Crippen LogP contribution in [0.5, 0.6) is 0 Å². The second-order valence-corrected chi connectivity index (χ2v) is 6.82. The molecule has 1 amide bonds. The number of rotatable bonds is 4. The van der Waals surface area contributed by atoms with Crippen LogP contribution in [0.25, 0.3) is 0 Å². The van der Waals surface area contributed by atoms with Crippen molar-refractivity contribution in [3.8, 4) is 6.07 Å². The van der Waals surface area contributed by atoms with Gasteiger partial charge in [0.25, 0.3) is 5.91 Å². The summed E-state index contributed by atoms with van der Waals surface area (Å²) in [5, 5.41) is 12.1. The molecule has 5 heteroatoms. The largest absolute Gasteiger partial charge is 0.321 e. The van der Waals surface area contributed by atoms with Gasteiger partial charge in [0.2, 0.25) is 0 Å². The van der Waals surface area contributed by atoms with Crippen molar-refractivity contribution >= 4 is 11.6 Å². The van der Waals surface area contributed by atoms with Crippen LogP contribution in [-0.2, 0) is 37.5 Å². The Bertz CT molecular complexity index is 591. The van der Waals surface area contributed by atoms with Crippen LogP contribution in [0.2, 0.25) is 0 Å². The molecule has 0 spiro atoms. The molecule has 1 aliphatic heterocycles. The minimum absolute atomic E-state index is 0. The zero-order chi connectivity index (χ0) is 16.9. The molecule has 1 saturated heterocycles. The fourth-order valence-corrected chi connectivity index (χ4v) is 3.65. The number of amides is 1. The molecule has 1 radical (unpaired) electrons. The maximum absolute atomic E-state index is 12.6. The first kappa shape index (κ1) is 21.3. The van der Waals surface area contributed by atoms with E-state index < -0.39 is 0 Å². The SMILES string of the molecule is CC[N+]1(CC(=O)Nc2c(C)cc(C#N)cc2C)CCCCCC1.[Y]. The molecule has 4 nitrogen and oxygen atoms in total. The predicted octanol–water partition coefficient (Wildman–Crippen LogP) is 3.52. The summed E-state index contributed by atoms with van der Waals surface area (Å²) in [6.45, 7) is 9.86. The minimum atomic E-state index is 0. The molecular formula is C19H28N3OY+. The first-order valence-corrected chi connectivity index (χ1v) is 8.66. The number of nitriles is 1. The summed E-state index contributed by atoms with van der Waals surface area (Å²) in [5.41, 5.74) is 3.41. The molecule has 1 aromatic carbocycles. The molecule has 127 valence electrons. The Labute approximate surface area is 171 Å². The first-order chi connectivity index (χ1) is 11.0. The third-order valence-corrected chi connectivity index (χ3v) is 5.09. The summed E-state index contributed by atoms with van der Waals surface area (Å²) in [6, 6.07) is 5.83. The minimum Gasteiger partial charge on any atom is -0.321 e. The summed E-state index contributed by atoms with van der Waals surface area (Å²) in [7, 11) is 0. The number of quaternary nitrogens is 1. The molecule has 1 heterocycles. The molecule has 1 N–H and O–H groups in total. The Hall–Kier alpha value is -0.756. The number of nitrogens with zero attached hydrogens (tertiary/aromatic N) is 2. The van der Waals surface area contributed by atoms with Gasteiger partial charge in [-0.25, -0.2) is 0 Å². The van der Waals surface area contributed by atoms with Gasteiger partial charge < -0.3 is 9.80 Å². The van der Waals surface area contributed by atoms with E-state index >= 15 is 0 Å². The number of carbonyl (C=O) groups is 1. The molecule has 0 aliphatic carbocycles. The van der Waals surface area contributed by atoms with Crippen molar-refractivity contribution in [3.63, 3.8) is 0 Å². The third-order valence-electron chi connectivity index (χ3n) is 5.09. The van der Waals surface area contributed by atoms with Crippen LogP contribution in [0.15, 0.2) is 12.1 Å². The van der Waals surface area contributed by atoms with Gasteiger partial charge in [0.15, 0.2) is 6.54 Å². The van der Waals surface area contributed by atoms with Crippen LogP contribution in [-0.4, -0.2) is 36.6 Å². The molecule has 0 bridgehead atoms. The number of nitrogens with one attached hydrogen (secondary N) is 1. The summed E-state index contributed by atoms with van der Waals surface area (Å²) < 4.78 is 0.903. The summed E-state index contributed by atoms with van der Waals surface area (Å²) in [4.78, 5) is 12.6. The van der Waals surface area contributed by atoms with E-state index in [1.807, 2.05) is 26.0 Å². The van der Waals surface area contributed by atoms with Crippen molar-refractivity contribution in [3.05, 3.63) is 28.8 Å². The fourth-order valence-electron chi connectivity index (χ4n) is 3.65. The standard InChI is InChI=1S/C19H27N3O.Y/c1-4-22(9-7-5-6-8-10-22)14-18(23)21-19-15(2)11-17(13-20)12-16(19)3;/h11-12H,4-10,14H2,1-3H3;/p+1. The average molecular weight is 403 g/mol. The number of aryl methyl sites for hydroxylation is 2. The van der Waals surface area contributed by atoms with Crippen molar-refractivity contribution in [2.45, 2.75) is 46.5 Å². The van der Waals surface area contributed by atoms with Gasteiger partial charge in [-0.2, -0.15) is 5.26 Å². The first-order valence-electron chi connectivity index (χ1n) is 8.66. The zero-order valence-electron chi connectivity index (χ0n) is 15.2. The van der Waals surface area contributed by atoms with E-state index in [0.717, 1.165) is 40.9 Å². The predicted molar refractivity (Wildman–Crippen MR) is 93.1 cm³/mol. The zero-order valence-corrected chi connectivity index (χ0v) is 18.0. The maximum Gasteiger partial charge on any atom is 0.279 e. The Morgan fingerprint density at radius 2 is 1.71 bits per heavy atom. The number of anilines is 1. The van der Waals surface area contributed by atoms with Crippen LogP contribution in [0, 0.1) is 25.2 Å².